The first-order valence-electron chi connectivity index (χ1n) is 15.4. The van der Waals surface area contributed by atoms with Gasteiger partial charge in [0.2, 0.25) is 11.9 Å². The summed E-state index contributed by atoms with van der Waals surface area (Å²) in [5, 5.41) is 11.5. The van der Waals surface area contributed by atoms with Gasteiger partial charge in [-0.25, -0.2) is 9.78 Å². The number of nitrogens with zero attached hydrogens (tertiary/aromatic N) is 6. The van der Waals surface area contributed by atoms with Gasteiger partial charge in [0, 0.05) is 43.2 Å². The van der Waals surface area contributed by atoms with E-state index < -0.39 is 6.03 Å². The van der Waals surface area contributed by atoms with E-state index in [0.29, 0.717) is 40.4 Å². The molecule has 2 aliphatic carbocycles. The van der Waals surface area contributed by atoms with Gasteiger partial charge in [0.25, 0.3) is 0 Å². The van der Waals surface area contributed by atoms with E-state index in [1.165, 1.54) is 49.4 Å². The minimum absolute atomic E-state index is 0.0832. The number of carbonyl (C=O) groups is 2. The van der Waals surface area contributed by atoms with E-state index in [9.17, 15) is 9.59 Å². The van der Waals surface area contributed by atoms with Gasteiger partial charge in [-0.3, -0.25) is 19.3 Å². The van der Waals surface area contributed by atoms with Crippen molar-refractivity contribution in [2.45, 2.75) is 63.7 Å². The number of aryl methyl sites for hydroxylation is 1. The Morgan fingerprint density at radius 3 is 2.46 bits per heavy atom. The second-order valence-electron chi connectivity index (χ2n) is 12.1. The number of hydrogen-bond acceptors (Lipinski definition) is 8. The molecule has 1 aliphatic heterocycles. The highest BCUT2D eigenvalue weighted by Crippen LogP contribution is 2.48. The summed E-state index contributed by atoms with van der Waals surface area (Å²) in [6, 6.07) is 2.83. The van der Waals surface area contributed by atoms with Crippen molar-refractivity contribution in [2.24, 2.45) is 18.9 Å². The molecule has 3 heterocycles. The van der Waals surface area contributed by atoms with Gasteiger partial charge in [-0.2, -0.15) is 10.1 Å². The van der Waals surface area contributed by atoms with Crippen LogP contribution in [0.3, 0.4) is 0 Å². The van der Waals surface area contributed by atoms with E-state index in [0.717, 1.165) is 25.2 Å². The van der Waals surface area contributed by atoms with Crippen LogP contribution in [0.2, 0.25) is 10.0 Å². The summed E-state index contributed by atoms with van der Waals surface area (Å²) in [5.41, 5.74) is 1.60. The fourth-order valence-electron chi connectivity index (χ4n) is 6.71. The monoisotopic (exact) mass is 668 g/mol. The van der Waals surface area contributed by atoms with Gasteiger partial charge < -0.3 is 20.1 Å². The minimum atomic E-state index is -0.404. The zero-order chi connectivity index (χ0) is 32.5. The van der Waals surface area contributed by atoms with Gasteiger partial charge in [-0.15, -0.1) is 0 Å². The molecule has 2 N–H and O–H groups in total. The van der Waals surface area contributed by atoms with Crippen molar-refractivity contribution in [3.63, 3.8) is 0 Å². The molecule has 1 aromatic carbocycles. The third-order valence-corrected chi connectivity index (χ3v) is 10.1. The first-order chi connectivity index (χ1) is 22.2. The number of amides is 3. The number of fused-ring (bicyclic) bond motifs is 1. The van der Waals surface area contributed by atoms with Crippen LogP contribution in [-0.2, 0) is 24.9 Å². The number of carbonyl (C=O) groups excluding carboxylic acids is 2. The van der Waals surface area contributed by atoms with E-state index in [1.54, 1.807) is 16.9 Å². The quantitative estimate of drug-likeness (QED) is 0.262. The number of rotatable bonds is 10. The predicted octanol–water partition coefficient (Wildman–Crippen LogP) is 5.73. The molecule has 46 heavy (non-hydrogen) atoms. The normalized spacial score (nSPS) is 21.3. The molecular weight excluding hydrogens is 631 g/mol. The third kappa shape index (κ3) is 6.20. The number of ether oxygens (including phenoxy) is 2. The Morgan fingerprint density at radius 2 is 1.85 bits per heavy atom. The lowest BCUT2D eigenvalue weighted by atomic mass is 9.68. The summed E-state index contributed by atoms with van der Waals surface area (Å²) >= 11 is 13.5. The van der Waals surface area contributed by atoms with Crippen molar-refractivity contribution in [1.82, 2.24) is 25.1 Å². The molecule has 2 fully saturated rings. The molecule has 3 atom stereocenters. The molecule has 14 heteroatoms. The smallest absolute Gasteiger partial charge is 0.330 e. The third-order valence-electron chi connectivity index (χ3n) is 9.33. The number of aromatic nitrogens is 4. The van der Waals surface area contributed by atoms with E-state index in [2.05, 4.69) is 27.3 Å². The molecule has 0 bridgehead atoms. The van der Waals surface area contributed by atoms with E-state index >= 15 is 0 Å². The summed E-state index contributed by atoms with van der Waals surface area (Å²) in [7, 11) is 4.78. The number of urea groups is 1. The summed E-state index contributed by atoms with van der Waals surface area (Å²) < 4.78 is 12.6. The van der Waals surface area contributed by atoms with Gasteiger partial charge in [0.15, 0.2) is 0 Å². The number of benzene rings is 1. The number of anilines is 3. The zero-order valence-electron chi connectivity index (χ0n) is 26.1. The van der Waals surface area contributed by atoms with Crippen molar-refractivity contribution >= 4 is 52.6 Å². The van der Waals surface area contributed by atoms with Crippen molar-refractivity contribution in [1.29, 1.82) is 0 Å². The Hall–Kier alpha value is -4.03. The Labute approximate surface area is 278 Å². The molecule has 3 amide bonds. The standard InChI is InChI=1S/C32H38Cl2N8O4/c1-5-26(43)36-23-13-19(18-7-6-8-18)9-10-22(23)37-31-35-15-20-16-41(29-27(33)24(45-3)14-25(46-4)28(29)34)32(44)42(30(20)38-31)17-21-11-12-40(2)39-21/h5,11-12,14-15,18-19,22-23H,1,6-10,13,16-17H2,2-4H3,(H,36,43)(H,35,37,38)/t19?,22-,23+/m1/s1. The topological polar surface area (TPSA) is 127 Å². The number of halogens is 2. The molecule has 2 aromatic heterocycles. The Bertz CT molecular complexity index is 1620. The van der Waals surface area contributed by atoms with Crippen LogP contribution in [0.25, 0.3) is 0 Å². The first-order valence-corrected chi connectivity index (χ1v) is 16.2. The molecule has 3 aromatic rings. The number of hydrogen-bond donors (Lipinski definition) is 2. The molecule has 3 aliphatic rings. The predicted molar refractivity (Wildman–Crippen MR) is 177 cm³/mol. The van der Waals surface area contributed by atoms with Crippen molar-refractivity contribution < 1.29 is 19.1 Å². The highest BCUT2D eigenvalue weighted by Gasteiger charge is 2.39. The Morgan fingerprint density at radius 1 is 1.11 bits per heavy atom. The van der Waals surface area contributed by atoms with Crippen LogP contribution in [-0.4, -0.2) is 58.0 Å². The Kier molecular flexibility index (Phi) is 9.28. The average Bonchev–Trinajstić information content (AvgIpc) is 3.44. The van der Waals surface area contributed by atoms with Gasteiger partial charge in [0.1, 0.15) is 27.4 Å². The molecule has 6 rings (SSSR count). The number of nitrogens with one attached hydrogen (secondary N) is 2. The molecule has 0 spiro atoms. The Balaban J connectivity index is 1.34. The van der Waals surface area contributed by atoms with Crippen LogP contribution in [0.5, 0.6) is 11.5 Å². The second kappa shape index (κ2) is 13.4. The fraction of sp³-hybridized carbons (Fsp3) is 0.469. The first kappa shape index (κ1) is 31.9. The van der Waals surface area contributed by atoms with Crippen molar-refractivity contribution in [3.05, 3.63) is 58.5 Å². The van der Waals surface area contributed by atoms with Crippen molar-refractivity contribution in [3.8, 4) is 11.5 Å². The average molecular weight is 670 g/mol. The van der Waals surface area contributed by atoms with Crippen LogP contribution in [0, 0.1) is 11.8 Å². The summed E-state index contributed by atoms with van der Waals surface area (Å²) in [4.78, 5) is 39.2. The molecular formula is C32H38Cl2N8O4. The van der Waals surface area contributed by atoms with E-state index in [1.807, 2.05) is 19.3 Å². The highest BCUT2D eigenvalue weighted by molar-refractivity contribution is 6.42. The van der Waals surface area contributed by atoms with Gasteiger partial charge in [-0.1, -0.05) is 49.0 Å². The molecule has 1 unspecified atom stereocenters. The van der Waals surface area contributed by atoms with Crippen LogP contribution in [0.1, 0.15) is 49.8 Å². The van der Waals surface area contributed by atoms with Gasteiger partial charge >= 0.3 is 6.03 Å². The second-order valence-corrected chi connectivity index (χ2v) is 12.8. The van der Waals surface area contributed by atoms with Crippen LogP contribution < -0.4 is 29.9 Å². The number of methoxy groups -OCH3 is 2. The SMILES string of the molecule is C=CC(=O)N[C@H]1CC(C2CCC2)CC[C@H]1Nc1ncc2c(n1)N(Cc1ccn(C)n1)C(=O)N(c1c(Cl)c(OC)cc(OC)c1Cl)C2. The lowest BCUT2D eigenvalue weighted by Gasteiger charge is -2.43. The maximum Gasteiger partial charge on any atom is 0.330 e. The largest absolute Gasteiger partial charge is 0.495 e. The van der Waals surface area contributed by atoms with E-state index in [4.69, 9.17) is 37.7 Å². The zero-order valence-corrected chi connectivity index (χ0v) is 27.6. The molecule has 244 valence electrons. The maximum absolute atomic E-state index is 14.3. The minimum Gasteiger partial charge on any atom is -0.495 e. The maximum atomic E-state index is 14.3. The van der Waals surface area contributed by atoms with Crippen molar-refractivity contribution in [2.75, 3.05) is 29.3 Å². The van der Waals surface area contributed by atoms with Crippen LogP contribution in [0.4, 0.5) is 22.2 Å². The fourth-order valence-corrected chi connectivity index (χ4v) is 7.41. The van der Waals surface area contributed by atoms with Gasteiger partial charge in [0.05, 0.1) is 38.7 Å². The molecule has 0 radical (unpaired) electrons. The summed E-state index contributed by atoms with van der Waals surface area (Å²) in [6.07, 6.45) is 11.4. The van der Waals surface area contributed by atoms with Crippen LogP contribution >= 0.6 is 23.2 Å². The molecule has 0 saturated heterocycles. The van der Waals surface area contributed by atoms with Gasteiger partial charge in [-0.05, 0) is 43.2 Å². The summed E-state index contributed by atoms with van der Waals surface area (Å²) in [5.74, 6) is 2.55. The van der Waals surface area contributed by atoms with E-state index in [-0.39, 0.29) is 46.8 Å². The summed E-state index contributed by atoms with van der Waals surface area (Å²) in [6.45, 7) is 3.88. The molecule has 12 nitrogen and oxygen atoms in total. The molecule has 2 saturated carbocycles. The highest BCUT2D eigenvalue weighted by atomic mass is 35.5. The van der Waals surface area contributed by atoms with Crippen LogP contribution in [0.15, 0.2) is 37.2 Å². The lowest BCUT2D eigenvalue weighted by molar-refractivity contribution is -0.117. The lowest BCUT2D eigenvalue weighted by Crippen LogP contribution is -2.51.